The van der Waals surface area contributed by atoms with E-state index >= 15 is 0 Å². The fraction of sp³-hybridized carbons (Fsp3) is 0.136. The normalized spacial score (nSPS) is 11.7. The van der Waals surface area contributed by atoms with E-state index in [-0.39, 0.29) is 0 Å². The molecule has 134 valence electrons. The van der Waals surface area contributed by atoms with Crippen molar-refractivity contribution in [2.75, 3.05) is 0 Å². The Morgan fingerprint density at radius 2 is 1.89 bits per heavy atom. The first kappa shape index (κ1) is 17.4. The molecule has 0 atom stereocenters. The Hall–Kier alpha value is -3.05. The van der Waals surface area contributed by atoms with Crippen LogP contribution in [0.15, 0.2) is 83.6 Å². The van der Waals surface area contributed by atoms with Crippen LogP contribution < -0.4 is 4.80 Å². The van der Waals surface area contributed by atoms with Gasteiger partial charge in [0.2, 0.25) is 0 Å². The second kappa shape index (κ2) is 8.10. The number of benzene rings is 1. The van der Waals surface area contributed by atoms with E-state index in [1.54, 1.807) is 23.7 Å². The quantitative estimate of drug-likeness (QED) is 0.505. The predicted octanol–water partition coefficient (Wildman–Crippen LogP) is 4.79. The zero-order valence-corrected chi connectivity index (χ0v) is 15.9. The summed E-state index contributed by atoms with van der Waals surface area (Å²) >= 11 is 1.65. The van der Waals surface area contributed by atoms with Gasteiger partial charge in [-0.05, 0) is 36.8 Å². The molecule has 4 rings (SSSR count). The van der Waals surface area contributed by atoms with Gasteiger partial charge in [0.1, 0.15) is 0 Å². The number of pyridine rings is 2. The first-order valence-corrected chi connectivity index (χ1v) is 9.77. The average molecular weight is 372 g/mol. The summed E-state index contributed by atoms with van der Waals surface area (Å²) < 4.78 is 2.27. The number of hydrogen-bond acceptors (Lipinski definition) is 4. The highest BCUT2D eigenvalue weighted by Gasteiger charge is 2.09. The Morgan fingerprint density at radius 1 is 1.00 bits per heavy atom. The van der Waals surface area contributed by atoms with E-state index < -0.39 is 0 Å². The Kier molecular flexibility index (Phi) is 5.21. The van der Waals surface area contributed by atoms with Gasteiger partial charge in [0.15, 0.2) is 4.80 Å². The first-order valence-electron chi connectivity index (χ1n) is 8.89. The first-order chi connectivity index (χ1) is 13.3. The van der Waals surface area contributed by atoms with Crippen molar-refractivity contribution >= 4 is 17.0 Å². The molecule has 4 aromatic rings. The fourth-order valence-electron chi connectivity index (χ4n) is 2.89. The molecular formula is C22H20N4S. The van der Waals surface area contributed by atoms with Crippen LogP contribution in [0.1, 0.15) is 11.3 Å². The summed E-state index contributed by atoms with van der Waals surface area (Å²) in [5.74, 6) is 0. The van der Waals surface area contributed by atoms with E-state index in [1.165, 1.54) is 16.8 Å². The standard InChI is InChI=1S/C22H20N4S/c1-17-7-9-18(10-8-17)21-16-27-22(25-20-6-4-12-23-15-20)26(21)14-11-19-5-2-3-13-24-19/h2-10,12-13,15-16H,11,14H2,1H3. The molecule has 5 heteroatoms. The van der Waals surface area contributed by atoms with Crippen LogP contribution in [-0.4, -0.2) is 14.5 Å². The van der Waals surface area contributed by atoms with E-state index in [0.29, 0.717) is 0 Å². The third-order valence-electron chi connectivity index (χ3n) is 4.33. The lowest BCUT2D eigenvalue weighted by molar-refractivity contribution is 0.674. The van der Waals surface area contributed by atoms with Crippen molar-refractivity contribution in [3.05, 3.63) is 94.6 Å². The lowest BCUT2D eigenvalue weighted by atomic mass is 10.1. The molecule has 4 nitrogen and oxygen atoms in total. The van der Waals surface area contributed by atoms with Crippen LogP contribution in [-0.2, 0) is 13.0 Å². The van der Waals surface area contributed by atoms with Gasteiger partial charge in [-0.1, -0.05) is 35.9 Å². The average Bonchev–Trinajstić information content (AvgIpc) is 3.11. The minimum Gasteiger partial charge on any atom is -0.316 e. The molecule has 0 N–H and O–H groups in total. The van der Waals surface area contributed by atoms with Gasteiger partial charge in [-0.2, -0.15) is 0 Å². The van der Waals surface area contributed by atoms with Gasteiger partial charge in [0.05, 0.1) is 17.6 Å². The second-order valence-corrected chi connectivity index (χ2v) is 7.15. The van der Waals surface area contributed by atoms with E-state index in [4.69, 9.17) is 4.99 Å². The molecule has 0 bridgehead atoms. The zero-order valence-electron chi connectivity index (χ0n) is 15.1. The molecule has 0 aliphatic carbocycles. The second-order valence-electron chi connectivity index (χ2n) is 6.32. The van der Waals surface area contributed by atoms with E-state index in [1.807, 2.05) is 30.5 Å². The Bertz CT molecular complexity index is 1060. The summed E-state index contributed by atoms with van der Waals surface area (Å²) in [6, 6.07) is 18.6. The highest BCUT2D eigenvalue weighted by atomic mass is 32.1. The smallest absolute Gasteiger partial charge is 0.190 e. The minimum absolute atomic E-state index is 0.822. The summed E-state index contributed by atoms with van der Waals surface area (Å²) in [6.07, 6.45) is 6.25. The van der Waals surface area contributed by atoms with Crippen molar-refractivity contribution in [1.29, 1.82) is 0 Å². The largest absolute Gasteiger partial charge is 0.316 e. The van der Waals surface area contributed by atoms with Crippen LogP contribution in [0.2, 0.25) is 0 Å². The maximum Gasteiger partial charge on any atom is 0.190 e. The zero-order chi connectivity index (χ0) is 18.5. The molecule has 0 saturated carbocycles. The van der Waals surface area contributed by atoms with Gasteiger partial charge in [-0.25, -0.2) is 4.99 Å². The third kappa shape index (κ3) is 4.20. The molecule has 0 radical (unpaired) electrons. The van der Waals surface area contributed by atoms with Crippen molar-refractivity contribution in [1.82, 2.24) is 14.5 Å². The molecule has 0 saturated heterocycles. The van der Waals surface area contributed by atoms with Gasteiger partial charge >= 0.3 is 0 Å². The molecule has 3 heterocycles. The molecule has 0 aliphatic heterocycles. The molecule has 0 unspecified atom stereocenters. The SMILES string of the molecule is Cc1ccc(-c2csc(=Nc3cccnc3)n2CCc2ccccn2)cc1. The maximum absolute atomic E-state index is 4.82. The van der Waals surface area contributed by atoms with Crippen molar-refractivity contribution in [3.8, 4) is 11.3 Å². The van der Waals surface area contributed by atoms with Crippen molar-refractivity contribution in [2.24, 2.45) is 4.99 Å². The van der Waals surface area contributed by atoms with E-state index in [9.17, 15) is 0 Å². The number of thiazole rings is 1. The van der Waals surface area contributed by atoms with E-state index in [0.717, 1.165) is 29.1 Å². The molecule has 0 amide bonds. The molecule has 0 aliphatic rings. The molecule has 0 fully saturated rings. The summed E-state index contributed by atoms with van der Waals surface area (Å²) in [7, 11) is 0. The lowest BCUT2D eigenvalue weighted by Gasteiger charge is -2.09. The van der Waals surface area contributed by atoms with Gasteiger partial charge < -0.3 is 4.57 Å². The van der Waals surface area contributed by atoms with E-state index in [2.05, 4.69) is 57.2 Å². The molecule has 1 aromatic carbocycles. The number of nitrogens with zero attached hydrogens (tertiary/aromatic N) is 4. The molecule has 27 heavy (non-hydrogen) atoms. The summed E-state index contributed by atoms with van der Waals surface area (Å²) in [5, 5.41) is 2.18. The minimum atomic E-state index is 0.822. The monoisotopic (exact) mass is 372 g/mol. The fourth-order valence-corrected chi connectivity index (χ4v) is 3.85. The lowest BCUT2D eigenvalue weighted by Crippen LogP contribution is -2.17. The van der Waals surface area contributed by atoms with Gasteiger partial charge in [-0.15, -0.1) is 11.3 Å². The Balaban J connectivity index is 1.75. The van der Waals surface area contributed by atoms with Gasteiger partial charge in [-0.3, -0.25) is 9.97 Å². The van der Waals surface area contributed by atoms with Crippen LogP contribution in [0, 0.1) is 6.92 Å². The highest BCUT2D eigenvalue weighted by molar-refractivity contribution is 7.07. The molecule has 0 spiro atoms. The van der Waals surface area contributed by atoms with Gasteiger partial charge in [0, 0.05) is 36.4 Å². The van der Waals surface area contributed by atoms with Crippen molar-refractivity contribution < 1.29 is 0 Å². The highest BCUT2D eigenvalue weighted by Crippen LogP contribution is 2.21. The van der Waals surface area contributed by atoms with Crippen LogP contribution in [0.25, 0.3) is 11.3 Å². The Labute approximate surface area is 162 Å². The molecule has 3 aromatic heterocycles. The maximum atomic E-state index is 4.82. The van der Waals surface area contributed by atoms with Crippen LogP contribution in [0.4, 0.5) is 5.69 Å². The predicted molar refractivity (Wildman–Crippen MR) is 110 cm³/mol. The summed E-state index contributed by atoms with van der Waals surface area (Å²) in [4.78, 5) is 14.4. The number of hydrogen-bond donors (Lipinski definition) is 0. The van der Waals surface area contributed by atoms with Crippen LogP contribution in [0.5, 0.6) is 0 Å². The molecular weight excluding hydrogens is 352 g/mol. The van der Waals surface area contributed by atoms with Crippen molar-refractivity contribution in [3.63, 3.8) is 0 Å². The Morgan fingerprint density at radius 3 is 2.63 bits per heavy atom. The number of rotatable bonds is 5. The third-order valence-corrected chi connectivity index (χ3v) is 5.20. The van der Waals surface area contributed by atoms with Gasteiger partial charge in [0.25, 0.3) is 0 Å². The van der Waals surface area contributed by atoms with Crippen molar-refractivity contribution in [2.45, 2.75) is 19.9 Å². The van der Waals surface area contributed by atoms with Crippen LogP contribution in [0.3, 0.4) is 0 Å². The number of aryl methyl sites for hydroxylation is 2. The summed E-state index contributed by atoms with van der Waals surface area (Å²) in [6.45, 7) is 2.93. The topological polar surface area (TPSA) is 43.1 Å². The summed E-state index contributed by atoms with van der Waals surface area (Å²) in [5.41, 5.74) is 5.58. The van der Waals surface area contributed by atoms with Crippen LogP contribution >= 0.6 is 11.3 Å². The number of aromatic nitrogens is 3.